The standard InChI is InChI=1S/C26H42O4/c1-18-16-26(29-14-15-30-26)17-19-6-7-20-21-9-12-25(28,10-4-5-13-27)23(21,2)11-8-22(20)24(18,19)3/h6,18,20-22,27-28H,4-5,7-17H2,1-3H3/t18-,20-,21-,22-,23-,24-,25-/m0/s1. The van der Waals surface area contributed by atoms with Crippen molar-refractivity contribution < 1.29 is 19.7 Å². The zero-order valence-electron chi connectivity index (χ0n) is 19.3. The Labute approximate surface area is 182 Å². The summed E-state index contributed by atoms with van der Waals surface area (Å²) in [5, 5.41) is 20.9. The number of hydrogen-bond donors (Lipinski definition) is 2. The second-order valence-corrected chi connectivity index (χ2v) is 11.7. The first-order valence-electron chi connectivity index (χ1n) is 12.6. The van der Waals surface area contributed by atoms with Gasteiger partial charge in [-0.3, -0.25) is 0 Å². The van der Waals surface area contributed by atoms with E-state index in [0.29, 0.717) is 23.7 Å². The molecule has 0 amide bonds. The van der Waals surface area contributed by atoms with Crippen LogP contribution in [0.5, 0.6) is 0 Å². The van der Waals surface area contributed by atoms with Gasteiger partial charge < -0.3 is 19.7 Å². The number of aliphatic hydroxyl groups is 2. The third kappa shape index (κ3) is 2.86. The molecule has 4 aliphatic carbocycles. The molecule has 4 heteroatoms. The Kier molecular flexibility index (Phi) is 5.21. The molecule has 4 nitrogen and oxygen atoms in total. The molecule has 0 aromatic heterocycles. The third-order valence-electron chi connectivity index (χ3n) is 10.8. The third-order valence-corrected chi connectivity index (χ3v) is 10.8. The largest absolute Gasteiger partial charge is 0.396 e. The SMILES string of the molecule is C[C@H]1CC2(CC3=CC[C@@H]4[C@H](CC[C@@]5(C)[C@H]4CC[C@@]5(O)CCCCO)[C@]31C)OCCO2. The highest BCUT2D eigenvalue weighted by Gasteiger charge is 2.65. The summed E-state index contributed by atoms with van der Waals surface area (Å²) in [6.45, 7) is 9.06. The van der Waals surface area contributed by atoms with Gasteiger partial charge in [-0.2, -0.15) is 0 Å². The normalized spacial score (nSPS) is 49.4. The Morgan fingerprint density at radius 2 is 1.80 bits per heavy atom. The number of unbranched alkanes of at least 4 members (excludes halogenated alkanes) is 1. The fraction of sp³-hybridized carbons (Fsp3) is 0.923. The predicted molar refractivity (Wildman–Crippen MR) is 117 cm³/mol. The smallest absolute Gasteiger partial charge is 0.172 e. The molecule has 4 fully saturated rings. The summed E-state index contributed by atoms with van der Waals surface area (Å²) >= 11 is 0. The van der Waals surface area contributed by atoms with Gasteiger partial charge in [0.05, 0.1) is 18.8 Å². The first kappa shape index (κ1) is 21.4. The predicted octanol–water partition coefficient (Wildman–Crippen LogP) is 4.83. The summed E-state index contributed by atoms with van der Waals surface area (Å²) in [4.78, 5) is 0. The maximum atomic E-state index is 11.7. The molecular weight excluding hydrogens is 376 g/mol. The molecule has 0 unspecified atom stereocenters. The molecule has 1 aliphatic heterocycles. The van der Waals surface area contributed by atoms with Gasteiger partial charge in [0.25, 0.3) is 0 Å². The Morgan fingerprint density at radius 3 is 2.53 bits per heavy atom. The molecule has 0 bridgehead atoms. The zero-order chi connectivity index (χ0) is 21.2. The first-order chi connectivity index (χ1) is 14.3. The van der Waals surface area contributed by atoms with Crippen molar-refractivity contribution in [1.29, 1.82) is 0 Å². The van der Waals surface area contributed by atoms with Gasteiger partial charge in [-0.1, -0.05) is 32.4 Å². The van der Waals surface area contributed by atoms with E-state index in [4.69, 9.17) is 9.47 Å². The van der Waals surface area contributed by atoms with Crippen LogP contribution in [-0.2, 0) is 9.47 Å². The summed E-state index contributed by atoms with van der Waals surface area (Å²) in [5.41, 5.74) is 1.31. The minimum atomic E-state index is -0.545. The zero-order valence-corrected chi connectivity index (χ0v) is 19.3. The van der Waals surface area contributed by atoms with Crippen LogP contribution in [0.25, 0.3) is 0 Å². The number of allylic oxidation sites excluding steroid dienone is 1. The van der Waals surface area contributed by atoms with E-state index in [2.05, 4.69) is 26.8 Å². The Balaban J connectivity index is 1.41. The van der Waals surface area contributed by atoms with Gasteiger partial charge >= 0.3 is 0 Å². The molecule has 30 heavy (non-hydrogen) atoms. The van der Waals surface area contributed by atoms with Crippen molar-refractivity contribution >= 4 is 0 Å². The van der Waals surface area contributed by atoms with Gasteiger partial charge in [0.15, 0.2) is 5.79 Å². The van der Waals surface area contributed by atoms with Crippen LogP contribution < -0.4 is 0 Å². The van der Waals surface area contributed by atoms with E-state index in [1.54, 1.807) is 5.57 Å². The van der Waals surface area contributed by atoms with Crippen molar-refractivity contribution in [3.8, 4) is 0 Å². The topological polar surface area (TPSA) is 58.9 Å². The van der Waals surface area contributed by atoms with Gasteiger partial charge in [-0.25, -0.2) is 0 Å². The van der Waals surface area contributed by atoms with Gasteiger partial charge in [-0.15, -0.1) is 0 Å². The maximum absolute atomic E-state index is 11.7. The van der Waals surface area contributed by atoms with Crippen molar-refractivity contribution in [1.82, 2.24) is 0 Å². The van der Waals surface area contributed by atoms with E-state index in [-0.39, 0.29) is 23.2 Å². The highest BCUT2D eigenvalue weighted by molar-refractivity contribution is 5.28. The van der Waals surface area contributed by atoms with E-state index in [1.807, 2.05) is 0 Å². The molecular formula is C26H42O4. The minimum Gasteiger partial charge on any atom is -0.396 e. The van der Waals surface area contributed by atoms with E-state index in [9.17, 15) is 10.2 Å². The monoisotopic (exact) mass is 418 g/mol. The lowest BCUT2D eigenvalue weighted by Gasteiger charge is -2.61. The van der Waals surface area contributed by atoms with Gasteiger partial charge in [0, 0.05) is 19.4 Å². The number of rotatable bonds is 4. The number of hydrogen-bond acceptors (Lipinski definition) is 4. The average Bonchev–Trinajstić information content (AvgIpc) is 3.26. The molecule has 0 aromatic rings. The first-order valence-corrected chi connectivity index (χ1v) is 12.6. The van der Waals surface area contributed by atoms with Crippen LogP contribution in [0.2, 0.25) is 0 Å². The van der Waals surface area contributed by atoms with E-state index < -0.39 is 5.60 Å². The second kappa shape index (κ2) is 7.30. The maximum Gasteiger partial charge on any atom is 0.172 e. The van der Waals surface area contributed by atoms with Crippen molar-refractivity contribution in [2.24, 2.45) is 34.5 Å². The summed E-state index contributed by atoms with van der Waals surface area (Å²) < 4.78 is 12.3. The van der Waals surface area contributed by atoms with Crippen LogP contribution in [0.15, 0.2) is 11.6 Å². The Bertz CT molecular complexity index is 697. The van der Waals surface area contributed by atoms with Crippen LogP contribution in [0, 0.1) is 34.5 Å². The van der Waals surface area contributed by atoms with E-state index >= 15 is 0 Å². The van der Waals surface area contributed by atoms with Crippen LogP contribution in [0.1, 0.15) is 85.0 Å². The molecule has 2 N–H and O–H groups in total. The Morgan fingerprint density at radius 1 is 1.07 bits per heavy atom. The fourth-order valence-electron chi connectivity index (χ4n) is 8.85. The summed E-state index contributed by atoms with van der Waals surface area (Å²) in [6.07, 6.45) is 12.7. The fourth-order valence-corrected chi connectivity index (χ4v) is 8.85. The number of aliphatic hydroxyl groups excluding tert-OH is 1. The molecule has 5 aliphatic rings. The molecule has 0 radical (unpaired) electrons. The van der Waals surface area contributed by atoms with E-state index in [1.165, 1.54) is 6.42 Å². The van der Waals surface area contributed by atoms with Crippen LogP contribution in [-0.4, -0.2) is 41.4 Å². The summed E-state index contributed by atoms with van der Waals surface area (Å²) in [6, 6.07) is 0. The minimum absolute atomic E-state index is 0.0299. The summed E-state index contributed by atoms with van der Waals surface area (Å²) in [5.74, 6) is 2.21. The molecule has 5 rings (SSSR count). The lowest BCUT2D eigenvalue weighted by atomic mass is 9.44. The highest BCUT2D eigenvalue weighted by Crippen LogP contribution is 2.69. The number of fused-ring (bicyclic) bond motifs is 5. The molecule has 1 saturated heterocycles. The molecule has 170 valence electrons. The molecule has 0 aromatic carbocycles. The van der Waals surface area contributed by atoms with Gasteiger partial charge in [0.1, 0.15) is 0 Å². The molecule has 1 heterocycles. The molecule has 7 atom stereocenters. The molecule has 1 spiro atoms. The van der Waals surface area contributed by atoms with Crippen LogP contribution in [0.4, 0.5) is 0 Å². The summed E-state index contributed by atoms with van der Waals surface area (Å²) in [7, 11) is 0. The average molecular weight is 419 g/mol. The van der Waals surface area contributed by atoms with Crippen LogP contribution in [0.3, 0.4) is 0 Å². The van der Waals surface area contributed by atoms with Gasteiger partial charge in [0.2, 0.25) is 0 Å². The Hall–Kier alpha value is -0.420. The van der Waals surface area contributed by atoms with Crippen molar-refractivity contribution in [2.75, 3.05) is 19.8 Å². The second-order valence-electron chi connectivity index (χ2n) is 11.7. The van der Waals surface area contributed by atoms with Crippen molar-refractivity contribution in [2.45, 2.75) is 96.4 Å². The molecule has 3 saturated carbocycles. The lowest BCUT2D eigenvalue weighted by molar-refractivity contribution is -0.202. The quantitative estimate of drug-likeness (QED) is 0.507. The van der Waals surface area contributed by atoms with E-state index in [0.717, 1.165) is 71.0 Å². The highest BCUT2D eigenvalue weighted by atomic mass is 16.7. The number of ether oxygens (including phenoxy) is 2. The lowest BCUT2D eigenvalue weighted by Crippen LogP contribution is -2.57. The van der Waals surface area contributed by atoms with Crippen LogP contribution >= 0.6 is 0 Å². The van der Waals surface area contributed by atoms with Gasteiger partial charge in [-0.05, 0) is 85.9 Å². The van der Waals surface area contributed by atoms with Crippen molar-refractivity contribution in [3.63, 3.8) is 0 Å². The van der Waals surface area contributed by atoms with Crippen molar-refractivity contribution in [3.05, 3.63) is 11.6 Å².